The first kappa shape index (κ1) is 11.6. The third-order valence-corrected chi connectivity index (χ3v) is 5.35. The van der Waals surface area contributed by atoms with Crippen LogP contribution in [0.25, 0.3) is 0 Å². The first-order valence-electron chi connectivity index (χ1n) is 3.83. The summed E-state index contributed by atoms with van der Waals surface area (Å²) in [5.41, 5.74) is 0. The highest BCUT2D eigenvalue weighted by Gasteiger charge is 2.17. The molecule has 0 unspecified atom stereocenters. The van der Waals surface area contributed by atoms with Crippen LogP contribution in [0.2, 0.25) is 0 Å². The van der Waals surface area contributed by atoms with Crippen LogP contribution in [0.3, 0.4) is 0 Å². The number of ketones is 1. The predicted octanol–water partition coefficient (Wildman–Crippen LogP) is 4.86. The molecule has 6 heteroatoms. The number of carbonyl (C=O) groups is 1. The molecule has 2 nitrogen and oxygen atoms in total. The molecule has 0 aliphatic rings. The van der Waals surface area contributed by atoms with Gasteiger partial charge in [-0.15, -0.1) is 11.3 Å². The summed E-state index contributed by atoms with van der Waals surface area (Å²) in [6.07, 6.45) is 0. The standard InChI is InChI=1S/C9H3Br3O2S/c10-4-3-6(15-9(4)12)8(13)5-1-2-7(11)14-5/h1-3H. The number of hydrogen-bond acceptors (Lipinski definition) is 3. The van der Waals surface area contributed by atoms with Crippen LogP contribution in [-0.4, -0.2) is 5.78 Å². The maximum Gasteiger partial charge on any atom is 0.238 e. The molecule has 0 radical (unpaired) electrons. The lowest BCUT2D eigenvalue weighted by Gasteiger charge is -1.90. The van der Waals surface area contributed by atoms with E-state index in [1.807, 2.05) is 0 Å². The Morgan fingerprint density at radius 3 is 2.47 bits per heavy atom. The minimum absolute atomic E-state index is 0.114. The third-order valence-electron chi connectivity index (χ3n) is 1.67. The molecule has 2 aromatic rings. The molecular weight excluding hydrogens is 412 g/mol. The number of hydrogen-bond donors (Lipinski definition) is 0. The van der Waals surface area contributed by atoms with Crippen LogP contribution in [0.4, 0.5) is 0 Å². The fourth-order valence-electron chi connectivity index (χ4n) is 1.02. The Hall–Kier alpha value is 0.0900. The van der Waals surface area contributed by atoms with E-state index in [4.69, 9.17) is 4.42 Å². The first-order valence-corrected chi connectivity index (χ1v) is 7.02. The lowest BCUT2D eigenvalue weighted by atomic mass is 10.2. The van der Waals surface area contributed by atoms with E-state index < -0.39 is 0 Å². The van der Waals surface area contributed by atoms with Crippen molar-refractivity contribution in [3.05, 3.63) is 41.8 Å². The van der Waals surface area contributed by atoms with Gasteiger partial charge in [0.1, 0.15) is 0 Å². The maximum atomic E-state index is 11.9. The minimum Gasteiger partial charge on any atom is -0.446 e. The molecule has 15 heavy (non-hydrogen) atoms. The van der Waals surface area contributed by atoms with Gasteiger partial charge in [0.05, 0.1) is 8.66 Å². The van der Waals surface area contributed by atoms with Gasteiger partial charge in [0, 0.05) is 4.47 Å². The summed E-state index contributed by atoms with van der Waals surface area (Å²) in [6, 6.07) is 5.12. The molecule has 0 saturated carbocycles. The van der Waals surface area contributed by atoms with Crippen molar-refractivity contribution < 1.29 is 9.21 Å². The summed E-state index contributed by atoms with van der Waals surface area (Å²) in [5.74, 6) is 0.222. The smallest absolute Gasteiger partial charge is 0.238 e. The molecule has 0 aromatic carbocycles. The molecule has 0 aliphatic heterocycles. The highest BCUT2D eigenvalue weighted by molar-refractivity contribution is 9.13. The average molecular weight is 415 g/mol. The van der Waals surface area contributed by atoms with E-state index in [0.29, 0.717) is 15.3 Å². The summed E-state index contributed by atoms with van der Waals surface area (Å²) in [4.78, 5) is 12.5. The zero-order chi connectivity index (χ0) is 11.0. The fourth-order valence-corrected chi connectivity index (χ4v) is 3.30. The van der Waals surface area contributed by atoms with Gasteiger partial charge in [0.25, 0.3) is 0 Å². The van der Waals surface area contributed by atoms with Crippen molar-refractivity contribution in [1.29, 1.82) is 0 Å². The van der Waals surface area contributed by atoms with E-state index in [9.17, 15) is 4.79 Å². The normalized spacial score (nSPS) is 10.6. The summed E-state index contributed by atoms with van der Waals surface area (Å²) in [6.45, 7) is 0. The van der Waals surface area contributed by atoms with Gasteiger partial charge in [-0.3, -0.25) is 4.79 Å². The lowest BCUT2D eigenvalue weighted by Crippen LogP contribution is -1.95. The van der Waals surface area contributed by atoms with Gasteiger partial charge in [-0.2, -0.15) is 0 Å². The van der Waals surface area contributed by atoms with Crippen molar-refractivity contribution in [3.63, 3.8) is 0 Å². The maximum absolute atomic E-state index is 11.9. The topological polar surface area (TPSA) is 30.2 Å². The van der Waals surface area contributed by atoms with Crippen LogP contribution in [0, 0.1) is 0 Å². The van der Waals surface area contributed by atoms with E-state index in [2.05, 4.69) is 47.8 Å². The second kappa shape index (κ2) is 4.53. The molecular formula is C9H3Br3O2S. The third kappa shape index (κ3) is 2.43. The number of furan rings is 1. The van der Waals surface area contributed by atoms with Crippen molar-refractivity contribution in [2.24, 2.45) is 0 Å². The molecule has 0 atom stereocenters. The minimum atomic E-state index is -0.114. The van der Waals surface area contributed by atoms with E-state index in [-0.39, 0.29) is 5.78 Å². The molecule has 0 saturated heterocycles. The average Bonchev–Trinajstić information content (AvgIpc) is 2.74. The monoisotopic (exact) mass is 412 g/mol. The summed E-state index contributed by atoms with van der Waals surface area (Å²) < 4.78 is 7.52. The van der Waals surface area contributed by atoms with Crippen LogP contribution in [0.15, 0.2) is 35.5 Å². The predicted molar refractivity (Wildman–Crippen MR) is 69.6 cm³/mol. The van der Waals surface area contributed by atoms with Gasteiger partial charge in [-0.25, -0.2) is 0 Å². The number of carbonyl (C=O) groups excluding carboxylic acids is 1. The van der Waals surface area contributed by atoms with Gasteiger partial charge in [-0.05, 0) is 66.0 Å². The number of rotatable bonds is 2. The second-order valence-electron chi connectivity index (χ2n) is 2.67. The molecule has 78 valence electrons. The van der Waals surface area contributed by atoms with E-state index in [1.165, 1.54) is 11.3 Å². The molecule has 0 amide bonds. The SMILES string of the molecule is O=C(c1ccc(Br)o1)c1cc(Br)c(Br)s1. The quantitative estimate of drug-likeness (QED) is 0.657. The summed E-state index contributed by atoms with van der Waals surface area (Å²) >= 11 is 11.2. The Bertz CT molecular complexity index is 496. The van der Waals surface area contributed by atoms with Crippen molar-refractivity contribution in [2.45, 2.75) is 0 Å². The molecule has 0 spiro atoms. The van der Waals surface area contributed by atoms with E-state index >= 15 is 0 Å². The van der Waals surface area contributed by atoms with Crippen LogP contribution in [0.1, 0.15) is 15.4 Å². The highest BCUT2D eigenvalue weighted by Crippen LogP contribution is 2.33. The Labute approximate surface area is 115 Å². The zero-order valence-corrected chi connectivity index (χ0v) is 12.7. The van der Waals surface area contributed by atoms with E-state index in [1.54, 1.807) is 18.2 Å². The molecule has 0 aliphatic carbocycles. The zero-order valence-electron chi connectivity index (χ0n) is 7.09. The highest BCUT2D eigenvalue weighted by atomic mass is 79.9. The number of thiophene rings is 1. The Balaban J connectivity index is 2.36. The second-order valence-corrected chi connectivity index (χ2v) is 6.67. The van der Waals surface area contributed by atoms with Crippen LogP contribution in [-0.2, 0) is 0 Å². The molecule has 0 fully saturated rings. The first-order chi connectivity index (χ1) is 7.08. The number of halogens is 3. The van der Waals surface area contributed by atoms with Gasteiger partial charge in [0.2, 0.25) is 5.78 Å². The van der Waals surface area contributed by atoms with Crippen LogP contribution in [0.5, 0.6) is 0 Å². The molecule has 2 heterocycles. The summed E-state index contributed by atoms with van der Waals surface area (Å²) in [5, 5.41) is 0. The van der Waals surface area contributed by atoms with E-state index in [0.717, 1.165) is 8.26 Å². The van der Waals surface area contributed by atoms with Crippen LogP contribution >= 0.6 is 59.1 Å². The van der Waals surface area contributed by atoms with Crippen molar-refractivity contribution in [2.75, 3.05) is 0 Å². The fraction of sp³-hybridized carbons (Fsp3) is 0. The van der Waals surface area contributed by atoms with Crippen LogP contribution < -0.4 is 0 Å². The van der Waals surface area contributed by atoms with Gasteiger partial charge in [-0.1, -0.05) is 0 Å². The van der Waals surface area contributed by atoms with Crippen molar-refractivity contribution in [3.8, 4) is 0 Å². The molecule has 2 rings (SSSR count). The molecule has 0 bridgehead atoms. The van der Waals surface area contributed by atoms with Gasteiger partial charge in [0.15, 0.2) is 10.4 Å². The lowest BCUT2D eigenvalue weighted by molar-refractivity contribution is 0.101. The Kier molecular flexibility index (Phi) is 3.49. The van der Waals surface area contributed by atoms with Crippen molar-refractivity contribution in [1.82, 2.24) is 0 Å². The largest absolute Gasteiger partial charge is 0.446 e. The van der Waals surface area contributed by atoms with Gasteiger partial charge < -0.3 is 4.42 Å². The molecule has 0 N–H and O–H groups in total. The molecule has 2 aromatic heterocycles. The Morgan fingerprint density at radius 1 is 1.27 bits per heavy atom. The van der Waals surface area contributed by atoms with Gasteiger partial charge >= 0.3 is 0 Å². The summed E-state index contributed by atoms with van der Waals surface area (Å²) in [7, 11) is 0. The Morgan fingerprint density at radius 2 is 2.00 bits per heavy atom. The van der Waals surface area contributed by atoms with Crippen molar-refractivity contribution >= 4 is 64.9 Å².